The number of ether oxygens (including phenoxy) is 1. The maximum absolute atomic E-state index is 13.6. The van der Waals surface area contributed by atoms with Crippen LogP contribution in [-0.4, -0.2) is 66.0 Å². The van der Waals surface area contributed by atoms with Crippen molar-refractivity contribution in [3.05, 3.63) is 41.3 Å². The number of aryl methyl sites for hydroxylation is 1. The van der Waals surface area contributed by atoms with Crippen molar-refractivity contribution in [1.82, 2.24) is 14.8 Å². The highest BCUT2D eigenvalue weighted by atomic mass is 19.1. The molecule has 0 spiro atoms. The summed E-state index contributed by atoms with van der Waals surface area (Å²) < 4.78 is 18.8. The highest BCUT2D eigenvalue weighted by Crippen LogP contribution is 2.23. The lowest BCUT2D eigenvalue weighted by atomic mass is 10.0. The molecule has 150 valence electrons. The molecule has 3 rings (SSSR count). The summed E-state index contributed by atoms with van der Waals surface area (Å²) >= 11 is 0. The van der Waals surface area contributed by atoms with Crippen molar-refractivity contribution in [3.63, 3.8) is 0 Å². The minimum absolute atomic E-state index is 0.0286. The van der Waals surface area contributed by atoms with Gasteiger partial charge in [0.1, 0.15) is 5.82 Å². The summed E-state index contributed by atoms with van der Waals surface area (Å²) in [7, 11) is 1.60. The van der Waals surface area contributed by atoms with Gasteiger partial charge in [-0.15, -0.1) is 0 Å². The number of carbonyl (C=O) groups excluding carboxylic acids is 2. The summed E-state index contributed by atoms with van der Waals surface area (Å²) in [5, 5.41) is 0.604. The van der Waals surface area contributed by atoms with E-state index in [2.05, 4.69) is 4.98 Å². The molecule has 0 unspecified atom stereocenters. The molecule has 2 aromatic rings. The van der Waals surface area contributed by atoms with Crippen LogP contribution in [-0.2, 0) is 9.53 Å². The molecule has 2 amide bonds. The Morgan fingerprint density at radius 2 is 2.00 bits per heavy atom. The fraction of sp³-hybridized carbons (Fsp3) is 0.476. The fourth-order valence-electron chi connectivity index (χ4n) is 3.75. The zero-order valence-corrected chi connectivity index (χ0v) is 16.6. The lowest BCUT2D eigenvalue weighted by Gasteiger charge is -2.38. The number of aromatic nitrogens is 1. The van der Waals surface area contributed by atoms with Crippen LogP contribution in [0.25, 0.3) is 10.9 Å². The van der Waals surface area contributed by atoms with Crippen LogP contribution in [0.3, 0.4) is 0 Å². The number of carbonyl (C=O) groups is 2. The minimum atomic E-state index is -0.357. The van der Waals surface area contributed by atoms with E-state index in [1.54, 1.807) is 38.0 Å². The smallest absolute Gasteiger partial charge is 0.256 e. The third-order valence-corrected chi connectivity index (χ3v) is 5.35. The molecule has 0 bridgehead atoms. The summed E-state index contributed by atoms with van der Waals surface area (Å²) in [6, 6.07) is 6.12. The van der Waals surface area contributed by atoms with E-state index in [4.69, 9.17) is 4.74 Å². The molecular weight excluding hydrogens is 361 g/mol. The standard InChI is InChI=1S/C21H26FN3O3/c1-14-19(13-16-12-17(22)4-5-20(16)23-14)21(27)25(10-11-28-3)18-6-8-24(9-7-18)15(2)26/h4-5,12-13,18H,6-11H2,1-3H3. The molecular formula is C21H26FN3O3. The minimum Gasteiger partial charge on any atom is -0.383 e. The lowest BCUT2D eigenvalue weighted by Crippen LogP contribution is -2.49. The molecule has 1 aliphatic rings. The number of hydrogen-bond donors (Lipinski definition) is 0. The van der Waals surface area contributed by atoms with E-state index in [1.165, 1.54) is 12.1 Å². The van der Waals surface area contributed by atoms with Gasteiger partial charge < -0.3 is 14.5 Å². The molecule has 1 aromatic carbocycles. The Balaban J connectivity index is 1.88. The largest absolute Gasteiger partial charge is 0.383 e. The number of nitrogens with zero attached hydrogens (tertiary/aromatic N) is 3. The molecule has 1 aliphatic heterocycles. The second-order valence-corrected chi connectivity index (χ2v) is 7.19. The van der Waals surface area contributed by atoms with Crippen LogP contribution in [0.4, 0.5) is 4.39 Å². The van der Waals surface area contributed by atoms with Crippen LogP contribution in [0.15, 0.2) is 24.3 Å². The highest BCUT2D eigenvalue weighted by molar-refractivity contribution is 5.98. The Kier molecular flexibility index (Phi) is 6.24. The second kappa shape index (κ2) is 8.65. The predicted molar refractivity (Wildman–Crippen MR) is 105 cm³/mol. The summed E-state index contributed by atoms with van der Waals surface area (Å²) in [6.07, 6.45) is 1.45. The lowest BCUT2D eigenvalue weighted by molar-refractivity contribution is -0.130. The molecule has 0 N–H and O–H groups in total. The van der Waals surface area contributed by atoms with Crippen LogP contribution in [0, 0.1) is 12.7 Å². The Morgan fingerprint density at radius 1 is 1.29 bits per heavy atom. The van der Waals surface area contributed by atoms with Gasteiger partial charge in [-0.3, -0.25) is 14.6 Å². The van der Waals surface area contributed by atoms with Crippen molar-refractivity contribution >= 4 is 22.7 Å². The normalized spacial score (nSPS) is 15.1. The van der Waals surface area contributed by atoms with Crippen molar-refractivity contribution < 1.29 is 18.7 Å². The number of rotatable bonds is 5. The zero-order chi connectivity index (χ0) is 20.3. The van der Waals surface area contributed by atoms with Crippen molar-refractivity contribution in [2.75, 3.05) is 33.4 Å². The number of fused-ring (bicyclic) bond motifs is 1. The maximum atomic E-state index is 13.6. The van der Waals surface area contributed by atoms with Gasteiger partial charge in [0.15, 0.2) is 0 Å². The van der Waals surface area contributed by atoms with E-state index in [-0.39, 0.29) is 23.7 Å². The zero-order valence-electron chi connectivity index (χ0n) is 16.6. The van der Waals surface area contributed by atoms with Gasteiger partial charge >= 0.3 is 0 Å². The Labute approximate surface area is 164 Å². The van der Waals surface area contributed by atoms with Crippen LogP contribution in [0.2, 0.25) is 0 Å². The SMILES string of the molecule is COCCN(C(=O)c1cc2cc(F)ccc2nc1C)C1CCN(C(C)=O)CC1. The average Bonchev–Trinajstić information content (AvgIpc) is 2.68. The number of pyridine rings is 1. The van der Waals surface area contributed by atoms with Crippen LogP contribution < -0.4 is 0 Å². The first-order valence-electron chi connectivity index (χ1n) is 9.53. The number of methoxy groups -OCH3 is 1. The number of amides is 2. The van der Waals surface area contributed by atoms with Crippen molar-refractivity contribution in [2.45, 2.75) is 32.7 Å². The van der Waals surface area contributed by atoms with E-state index < -0.39 is 0 Å². The van der Waals surface area contributed by atoms with Crippen molar-refractivity contribution in [1.29, 1.82) is 0 Å². The Bertz CT molecular complexity index is 879. The van der Waals surface area contributed by atoms with Crippen LogP contribution in [0.5, 0.6) is 0 Å². The van der Waals surface area contributed by atoms with Gasteiger partial charge in [-0.05, 0) is 44.0 Å². The summed E-state index contributed by atoms with van der Waals surface area (Å²) in [5.74, 6) is -0.427. The van der Waals surface area contributed by atoms with Crippen molar-refractivity contribution in [3.8, 4) is 0 Å². The maximum Gasteiger partial charge on any atom is 0.256 e. The first-order chi connectivity index (χ1) is 13.4. The number of likely N-dealkylation sites (tertiary alicyclic amines) is 1. The van der Waals surface area contributed by atoms with Gasteiger partial charge in [0, 0.05) is 45.1 Å². The summed E-state index contributed by atoms with van der Waals surface area (Å²) in [4.78, 5) is 33.1. The Hall–Kier alpha value is -2.54. The third-order valence-electron chi connectivity index (χ3n) is 5.35. The fourth-order valence-corrected chi connectivity index (χ4v) is 3.75. The highest BCUT2D eigenvalue weighted by Gasteiger charge is 2.30. The molecule has 28 heavy (non-hydrogen) atoms. The summed E-state index contributed by atoms with van der Waals surface area (Å²) in [6.45, 7) is 5.52. The molecule has 0 aliphatic carbocycles. The quantitative estimate of drug-likeness (QED) is 0.792. The summed E-state index contributed by atoms with van der Waals surface area (Å²) in [5.41, 5.74) is 1.75. The molecule has 0 saturated carbocycles. The Morgan fingerprint density at radius 3 is 2.64 bits per heavy atom. The van der Waals surface area contributed by atoms with E-state index in [9.17, 15) is 14.0 Å². The van der Waals surface area contributed by atoms with E-state index in [0.717, 1.165) is 12.8 Å². The molecule has 0 radical (unpaired) electrons. The third kappa shape index (κ3) is 4.30. The van der Waals surface area contributed by atoms with E-state index in [1.807, 2.05) is 4.90 Å². The molecule has 1 saturated heterocycles. The van der Waals surface area contributed by atoms with Gasteiger partial charge in [-0.2, -0.15) is 0 Å². The number of benzene rings is 1. The number of halogens is 1. The molecule has 0 atom stereocenters. The monoisotopic (exact) mass is 387 g/mol. The molecule has 1 aromatic heterocycles. The van der Waals surface area contributed by atoms with Crippen molar-refractivity contribution in [2.24, 2.45) is 0 Å². The van der Waals surface area contributed by atoms with Crippen LogP contribution >= 0.6 is 0 Å². The number of piperidine rings is 1. The van der Waals surface area contributed by atoms with Gasteiger partial charge in [0.05, 0.1) is 23.4 Å². The predicted octanol–water partition coefficient (Wildman–Crippen LogP) is 2.78. The number of hydrogen-bond acceptors (Lipinski definition) is 4. The second-order valence-electron chi connectivity index (χ2n) is 7.19. The van der Waals surface area contributed by atoms with Gasteiger partial charge in [0.25, 0.3) is 5.91 Å². The van der Waals surface area contributed by atoms with Gasteiger partial charge in [-0.1, -0.05) is 0 Å². The molecule has 6 nitrogen and oxygen atoms in total. The first kappa shape index (κ1) is 20.2. The molecule has 2 heterocycles. The average molecular weight is 387 g/mol. The topological polar surface area (TPSA) is 62.7 Å². The van der Waals surface area contributed by atoms with E-state index in [0.29, 0.717) is 48.4 Å². The van der Waals surface area contributed by atoms with Crippen LogP contribution in [0.1, 0.15) is 35.8 Å². The molecule has 1 fully saturated rings. The van der Waals surface area contributed by atoms with Gasteiger partial charge in [0.2, 0.25) is 5.91 Å². The molecule has 7 heteroatoms. The first-order valence-corrected chi connectivity index (χ1v) is 9.53. The van der Waals surface area contributed by atoms with Gasteiger partial charge in [-0.25, -0.2) is 4.39 Å². The van der Waals surface area contributed by atoms with E-state index >= 15 is 0 Å².